The minimum atomic E-state index is -3.88. The molecular weight excluding hydrogens is 480 g/mol. The standard InChI is InChI=1S/C23H19F2N5O4S/c1-2-8-35(33,34)30-18-6-5-17(24)19(20(18)25)21(31)16-12-28-22-15(16)9-13(10-27-22)23(32)29-14-4-3-7-26-11-14/h3-7,9-12,30H,2,8H2,1H3,(H,27,28)(H,29,32). The predicted molar refractivity (Wildman–Crippen MR) is 126 cm³/mol. The van der Waals surface area contributed by atoms with Crippen LogP contribution in [0.2, 0.25) is 0 Å². The van der Waals surface area contributed by atoms with Gasteiger partial charge in [-0.05, 0) is 36.8 Å². The van der Waals surface area contributed by atoms with Crippen molar-refractivity contribution in [2.24, 2.45) is 0 Å². The van der Waals surface area contributed by atoms with E-state index in [1.807, 2.05) is 4.72 Å². The monoisotopic (exact) mass is 499 g/mol. The van der Waals surface area contributed by atoms with Crippen molar-refractivity contribution in [3.63, 3.8) is 0 Å². The number of hydrogen-bond acceptors (Lipinski definition) is 6. The molecule has 0 bridgehead atoms. The Balaban J connectivity index is 1.71. The van der Waals surface area contributed by atoms with Crippen molar-refractivity contribution in [1.29, 1.82) is 0 Å². The molecule has 3 N–H and O–H groups in total. The van der Waals surface area contributed by atoms with Gasteiger partial charge >= 0.3 is 0 Å². The lowest BCUT2D eigenvalue weighted by molar-refractivity contribution is 0.101. The summed E-state index contributed by atoms with van der Waals surface area (Å²) in [7, 11) is -3.88. The van der Waals surface area contributed by atoms with Crippen molar-refractivity contribution in [2.75, 3.05) is 15.8 Å². The Bertz CT molecular complexity index is 1540. The molecule has 3 aromatic heterocycles. The summed E-state index contributed by atoms with van der Waals surface area (Å²) >= 11 is 0. The molecule has 1 aromatic carbocycles. The van der Waals surface area contributed by atoms with E-state index in [9.17, 15) is 22.4 Å². The summed E-state index contributed by atoms with van der Waals surface area (Å²) in [5.74, 6) is -4.36. The number of anilines is 2. The topological polar surface area (TPSA) is 134 Å². The van der Waals surface area contributed by atoms with Gasteiger partial charge in [0, 0.05) is 29.5 Å². The highest BCUT2D eigenvalue weighted by Crippen LogP contribution is 2.28. The lowest BCUT2D eigenvalue weighted by Gasteiger charge is -2.11. The number of nitrogens with one attached hydrogen (secondary N) is 3. The summed E-state index contributed by atoms with van der Waals surface area (Å²) in [6.45, 7) is 1.63. The van der Waals surface area contributed by atoms with E-state index in [0.29, 0.717) is 5.69 Å². The number of nitrogens with zero attached hydrogens (tertiary/aromatic N) is 2. The molecule has 180 valence electrons. The average molecular weight is 499 g/mol. The SMILES string of the molecule is CCCS(=O)(=O)Nc1ccc(F)c(C(=O)c2c[nH]c3ncc(C(=O)Nc4cccnc4)cc23)c1F. The molecule has 0 aliphatic rings. The molecule has 0 fully saturated rings. The Morgan fingerprint density at radius 2 is 1.94 bits per heavy atom. The maximum atomic E-state index is 15.1. The van der Waals surface area contributed by atoms with Gasteiger partial charge in [-0.2, -0.15) is 0 Å². The number of carbonyl (C=O) groups is 2. The van der Waals surface area contributed by atoms with Crippen LogP contribution >= 0.6 is 0 Å². The number of H-pyrrole nitrogens is 1. The second kappa shape index (κ2) is 9.58. The number of amides is 1. The normalized spacial score (nSPS) is 11.4. The number of rotatable bonds is 8. The van der Waals surface area contributed by atoms with E-state index in [2.05, 4.69) is 20.3 Å². The quantitative estimate of drug-likeness (QED) is 0.315. The van der Waals surface area contributed by atoms with Crippen LogP contribution in [0, 0.1) is 11.6 Å². The molecule has 9 nitrogen and oxygen atoms in total. The fraction of sp³-hybridized carbons (Fsp3) is 0.130. The minimum Gasteiger partial charge on any atom is -0.345 e. The van der Waals surface area contributed by atoms with Crippen molar-refractivity contribution >= 4 is 44.1 Å². The number of aromatic amines is 1. The number of aromatic nitrogens is 3. The first kappa shape index (κ1) is 24.0. The molecule has 35 heavy (non-hydrogen) atoms. The van der Waals surface area contributed by atoms with Gasteiger partial charge in [0.15, 0.2) is 5.82 Å². The Hall–Kier alpha value is -4.19. The van der Waals surface area contributed by atoms with E-state index in [4.69, 9.17) is 0 Å². The lowest BCUT2D eigenvalue weighted by atomic mass is 10.0. The highest BCUT2D eigenvalue weighted by molar-refractivity contribution is 7.92. The molecule has 3 heterocycles. The van der Waals surface area contributed by atoms with E-state index < -0.39 is 44.6 Å². The molecular formula is C23H19F2N5O4S. The van der Waals surface area contributed by atoms with Crippen LogP contribution in [-0.4, -0.2) is 40.8 Å². The zero-order valence-corrected chi connectivity index (χ0v) is 19.1. The summed E-state index contributed by atoms with van der Waals surface area (Å²) in [4.78, 5) is 36.5. The van der Waals surface area contributed by atoms with Crippen LogP contribution in [0.25, 0.3) is 11.0 Å². The van der Waals surface area contributed by atoms with Crippen LogP contribution in [0.3, 0.4) is 0 Å². The fourth-order valence-electron chi connectivity index (χ4n) is 3.42. The smallest absolute Gasteiger partial charge is 0.257 e. The van der Waals surface area contributed by atoms with Gasteiger partial charge in [-0.15, -0.1) is 0 Å². The summed E-state index contributed by atoms with van der Waals surface area (Å²) in [6.07, 6.45) is 5.77. The summed E-state index contributed by atoms with van der Waals surface area (Å²) in [6, 6.07) is 6.35. The number of carbonyl (C=O) groups excluding carboxylic acids is 2. The van der Waals surface area contributed by atoms with E-state index in [-0.39, 0.29) is 34.3 Å². The number of hydrogen-bond donors (Lipinski definition) is 3. The summed E-state index contributed by atoms with van der Waals surface area (Å²) < 4.78 is 55.8. The van der Waals surface area contributed by atoms with E-state index in [0.717, 1.165) is 12.1 Å². The van der Waals surface area contributed by atoms with Crippen LogP contribution in [0.4, 0.5) is 20.2 Å². The molecule has 0 aliphatic heterocycles. The van der Waals surface area contributed by atoms with Gasteiger partial charge in [-0.1, -0.05) is 6.92 Å². The summed E-state index contributed by atoms with van der Waals surface area (Å²) in [5.41, 5.74) is -0.876. The van der Waals surface area contributed by atoms with Gasteiger partial charge in [0.25, 0.3) is 5.91 Å². The van der Waals surface area contributed by atoms with Crippen LogP contribution in [0.5, 0.6) is 0 Å². The third-order valence-corrected chi connectivity index (χ3v) is 6.49. The highest BCUT2D eigenvalue weighted by Gasteiger charge is 2.26. The Morgan fingerprint density at radius 3 is 2.66 bits per heavy atom. The van der Waals surface area contributed by atoms with Crippen LogP contribution in [-0.2, 0) is 10.0 Å². The van der Waals surface area contributed by atoms with Gasteiger partial charge in [0.2, 0.25) is 15.8 Å². The molecule has 4 rings (SSSR count). The van der Waals surface area contributed by atoms with Gasteiger partial charge in [0.05, 0.1) is 34.5 Å². The van der Waals surface area contributed by atoms with Gasteiger partial charge in [0.1, 0.15) is 11.5 Å². The van der Waals surface area contributed by atoms with Gasteiger partial charge in [-0.3, -0.25) is 19.3 Å². The molecule has 0 saturated heterocycles. The zero-order valence-electron chi connectivity index (χ0n) is 18.3. The van der Waals surface area contributed by atoms with Crippen molar-refractivity contribution in [2.45, 2.75) is 13.3 Å². The van der Waals surface area contributed by atoms with Crippen molar-refractivity contribution in [3.8, 4) is 0 Å². The Labute approximate surface area is 198 Å². The van der Waals surface area contributed by atoms with E-state index in [1.54, 1.807) is 25.3 Å². The first-order chi connectivity index (χ1) is 16.7. The van der Waals surface area contributed by atoms with E-state index in [1.165, 1.54) is 24.7 Å². The van der Waals surface area contributed by atoms with Crippen LogP contribution in [0.1, 0.15) is 39.6 Å². The highest BCUT2D eigenvalue weighted by atomic mass is 32.2. The molecule has 0 saturated carbocycles. The number of sulfonamides is 1. The third-order valence-electron chi connectivity index (χ3n) is 5.01. The van der Waals surface area contributed by atoms with Gasteiger partial charge in [-0.25, -0.2) is 22.2 Å². The molecule has 12 heteroatoms. The van der Waals surface area contributed by atoms with Crippen molar-refractivity contribution in [3.05, 3.63) is 83.4 Å². The number of fused-ring (bicyclic) bond motifs is 1. The maximum absolute atomic E-state index is 15.1. The Morgan fingerprint density at radius 1 is 1.14 bits per heavy atom. The number of ketones is 1. The number of benzene rings is 1. The summed E-state index contributed by atoms with van der Waals surface area (Å²) in [5, 5.41) is 2.79. The average Bonchev–Trinajstić information content (AvgIpc) is 3.25. The second-order valence-corrected chi connectivity index (χ2v) is 9.39. The van der Waals surface area contributed by atoms with Crippen molar-refractivity contribution < 1.29 is 26.8 Å². The molecule has 0 aliphatic carbocycles. The predicted octanol–water partition coefficient (Wildman–Crippen LogP) is 3.87. The molecule has 0 radical (unpaired) electrons. The molecule has 0 unspecified atom stereocenters. The Kier molecular flexibility index (Phi) is 6.56. The first-order valence-corrected chi connectivity index (χ1v) is 12.1. The second-order valence-electron chi connectivity index (χ2n) is 7.55. The molecule has 4 aromatic rings. The molecule has 0 spiro atoms. The lowest BCUT2D eigenvalue weighted by Crippen LogP contribution is -2.18. The van der Waals surface area contributed by atoms with Crippen molar-refractivity contribution in [1.82, 2.24) is 15.0 Å². The van der Waals surface area contributed by atoms with E-state index >= 15 is 4.39 Å². The van der Waals surface area contributed by atoms with Crippen LogP contribution in [0.15, 0.2) is 55.1 Å². The van der Waals surface area contributed by atoms with Crippen LogP contribution < -0.4 is 10.0 Å². The van der Waals surface area contributed by atoms with Gasteiger partial charge < -0.3 is 10.3 Å². The molecule has 0 atom stereocenters. The first-order valence-electron chi connectivity index (χ1n) is 10.4. The third kappa shape index (κ3) is 5.01. The minimum absolute atomic E-state index is 0.0945. The maximum Gasteiger partial charge on any atom is 0.257 e. The largest absolute Gasteiger partial charge is 0.345 e. The molecule has 1 amide bonds. The fourth-order valence-corrected chi connectivity index (χ4v) is 4.55. The number of pyridine rings is 2. The number of halogens is 2. The zero-order chi connectivity index (χ0) is 25.2.